The van der Waals surface area contributed by atoms with E-state index >= 15 is 0 Å². The molecule has 0 radical (unpaired) electrons. The monoisotopic (exact) mass is 351 g/mol. The lowest BCUT2D eigenvalue weighted by Gasteiger charge is -2.09. The summed E-state index contributed by atoms with van der Waals surface area (Å²) in [5, 5.41) is 7.37. The molecule has 0 aliphatic rings. The maximum absolute atomic E-state index is 13.2. The molecule has 0 spiro atoms. The van der Waals surface area contributed by atoms with Gasteiger partial charge in [0.1, 0.15) is 5.82 Å². The van der Waals surface area contributed by atoms with E-state index in [1.54, 1.807) is 12.1 Å². The number of hydrogen-bond donors (Lipinski definition) is 1. The number of aryl methyl sites for hydroxylation is 2. The van der Waals surface area contributed by atoms with E-state index in [1.807, 2.05) is 30.7 Å². The summed E-state index contributed by atoms with van der Waals surface area (Å²) in [6, 6.07) is 16.2. The van der Waals surface area contributed by atoms with Gasteiger partial charge in [-0.1, -0.05) is 36.4 Å². The van der Waals surface area contributed by atoms with Gasteiger partial charge in [-0.15, -0.1) is 0 Å². The molecule has 0 atom stereocenters. The Kier molecular flexibility index (Phi) is 5.46. The summed E-state index contributed by atoms with van der Waals surface area (Å²) in [6.45, 7) is 5.16. The fourth-order valence-electron chi connectivity index (χ4n) is 2.94. The van der Waals surface area contributed by atoms with E-state index in [1.165, 1.54) is 12.1 Å². The van der Waals surface area contributed by atoms with Crippen LogP contribution in [-0.2, 0) is 24.3 Å². The summed E-state index contributed by atoms with van der Waals surface area (Å²) < 4.78 is 15.2. The minimum Gasteiger partial charge on any atom is -0.352 e. The number of nitrogens with one attached hydrogen (secondary N) is 1. The third-order valence-electron chi connectivity index (χ3n) is 4.17. The van der Waals surface area contributed by atoms with Gasteiger partial charge in [0.15, 0.2) is 0 Å². The lowest BCUT2D eigenvalue weighted by atomic mass is 10.1. The van der Waals surface area contributed by atoms with Crippen LogP contribution in [0, 0.1) is 19.7 Å². The maximum atomic E-state index is 13.2. The fraction of sp³-hybridized carbons (Fsp3) is 0.238. The molecule has 5 heteroatoms. The highest BCUT2D eigenvalue weighted by Gasteiger charge is 2.06. The van der Waals surface area contributed by atoms with Crippen molar-refractivity contribution in [3.05, 3.63) is 88.5 Å². The van der Waals surface area contributed by atoms with E-state index < -0.39 is 0 Å². The van der Waals surface area contributed by atoms with Crippen molar-refractivity contribution in [3.8, 4) is 0 Å². The van der Waals surface area contributed by atoms with Gasteiger partial charge in [0, 0.05) is 12.2 Å². The molecule has 0 bridgehead atoms. The summed E-state index contributed by atoms with van der Waals surface area (Å²) in [5.74, 6) is -0.452. The molecule has 0 saturated carbocycles. The molecule has 1 amide bonds. The van der Waals surface area contributed by atoms with Gasteiger partial charge in [0.25, 0.3) is 0 Å². The number of nitrogens with zero attached hydrogens (tertiary/aromatic N) is 2. The van der Waals surface area contributed by atoms with Gasteiger partial charge in [-0.3, -0.25) is 9.48 Å². The number of rotatable bonds is 6. The van der Waals surface area contributed by atoms with Crippen LogP contribution in [0.5, 0.6) is 0 Å². The molecule has 0 unspecified atom stereocenters. The number of amides is 1. The van der Waals surface area contributed by atoms with Gasteiger partial charge in [-0.05, 0) is 48.7 Å². The highest BCUT2D eigenvalue weighted by molar-refractivity contribution is 5.78. The normalized spacial score (nSPS) is 10.7. The minimum absolute atomic E-state index is 0.125. The predicted octanol–water partition coefficient (Wildman–Crippen LogP) is 3.55. The molecule has 4 nitrogen and oxygen atoms in total. The zero-order chi connectivity index (χ0) is 18.5. The zero-order valence-electron chi connectivity index (χ0n) is 15.0. The van der Waals surface area contributed by atoms with E-state index in [9.17, 15) is 9.18 Å². The van der Waals surface area contributed by atoms with Crippen LogP contribution < -0.4 is 5.32 Å². The average Bonchev–Trinajstić information content (AvgIpc) is 2.91. The van der Waals surface area contributed by atoms with Gasteiger partial charge in [-0.2, -0.15) is 5.10 Å². The number of carbonyl (C=O) groups excluding carboxylic acids is 1. The van der Waals surface area contributed by atoms with Crippen LogP contribution in [0.2, 0.25) is 0 Å². The molecule has 3 rings (SSSR count). The second kappa shape index (κ2) is 7.95. The van der Waals surface area contributed by atoms with Crippen LogP contribution in [-0.4, -0.2) is 15.7 Å². The molecule has 1 heterocycles. The Balaban J connectivity index is 1.58. The Bertz CT molecular complexity index is 917. The van der Waals surface area contributed by atoms with Crippen molar-refractivity contribution in [2.45, 2.75) is 33.4 Å². The Morgan fingerprint density at radius 2 is 1.77 bits per heavy atom. The number of carbonyl (C=O) groups is 1. The summed E-state index contributed by atoms with van der Waals surface area (Å²) in [4.78, 5) is 12.1. The maximum Gasteiger partial charge on any atom is 0.224 e. The third kappa shape index (κ3) is 4.79. The molecule has 3 aromatic rings. The van der Waals surface area contributed by atoms with Crippen LogP contribution >= 0.6 is 0 Å². The number of aromatic nitrogens is 2. The minimum atomic E-state index is -0.327. The van der Waals surface area contributed by atoms with Crippen molar-refractivity contribution in [2.24, 2.45) is 0 Å². The van der Waals surface area contributed by atoms with Crippen molar-refractivity contribution in [2.75, 3.05) is 0 Å². The fourth-order valence-corrected chi connectivity index (χ4v) is 2.94. The van der Waals surface area contributed by atoms with E-state index in [2.05, 4.69) is 28.6 Å². The first kappa shape index (κ1) is 17.9. The predicted molar refractivity (Wildman–Crippen MR) is 99.2 cm³/mol. The van der Waals surface area contributed by atoms with Crippen LogP contribution in [0.25, 0.3) is 0 Å². The Morgan fingerprint density at radius 3 is 2.50 bits per heavy atom. The molecular formula is C21H22FN3O. The van der Waals surface area contributed by atoms with E-state index in [0.29, 0.717) is 18.7 Å². The lowest BCUT2D eigenvalue weighted by molar-refractivity contribution is -0.120. The van der Waals surface area contributed by atoms with Crippen molar-refractivity contribution >= 4 is 5.91 Å². The van der Waals surface area contributed by atoms with Crippen molar-refractivity contribution < 1.29 is 9.18 Å². The highest BCUT2D eigenvalue weighted by atomic mass is 19.1. The second-order valence-corrected chi connectivity index (χ2v) is 6.49. The largest absolute Gasteiger partial charge is 0.352 e. The van der Waals surface area contributed by atoms with Crippen LogP contribution in [0.1, 0.15) is 28.1 Å². The molecule has 26 heavy (non-hydrogen) atoms. The first-order chi connectivity index (χ1) is 12.5. The first-order valence-electron chi connectivity index (χ1n) is 8.59. The van der Waals surface area contributed by atoms with Gasteiger partial charge in [0.2, 0.25) is 5.91 Å². The van der Waals surface area contributed by atoms with Gasteiger partial charge in [-0.25, -0.2) is 4.39 Å². The average molecular weight is 351 g/mol. The summed E-state index contributed by atoms with van der Waals surface area (Å²) in [6.07, 6.45) is 0.170. The highest BCUT2D eigenvalue weighted by Crippen LogP contribution is 2.10. The molecule has 0 aliphatic carbocycles. The van der Waals surface area contributed by atoms with Crippen LogP contribution in [0.3, 0.4) is 0 Å². The molecular weight excluding hydrogens is 329 g/mol. The van der Waals surface area contributed by atoms with Gasteiger partial charge < -0.3 is 5.32 Å². The molecule has 0 fully saturated rings. The Labute approximate surface area is 152 Å². The molecule has 0 aliphatic heterocycles. The summed E-state index contributed by atoms with van der Waals surface area (Å²) in [5.41, 5.74) is 4.95. The van der Waals surface area contributed by atoms with E-state index in [0.717, 1.165) is 22.5 Å². The SMILES string of the molecule is Cc1cc(C)n(Cc2cccc(CNC(=O)Cc3cccc(F)c3)c2)n1. The second-order valence-electron chi connectivity index (χ2n) is 6.49. The number of benzene rings is 2. The van der Waals surface area contributed by atoms with Crippen LogP contribution in [0.4, 0.5) is 4.39 Å². The van der Waals surface area contributed by atoms with Gasteiger partial charge in [0.05, 0.1) is 18.7 Å². The Hall–Kier alpha value is -2.95. The zero-order valence-corrected chi connectivity index (χ0v) is 15.0. The molecule has 0 saturated heterocycles. The Morgan fingerprint density at radius 1 is 1.04 bits per heavy atom. The lowest BCUT2D eigenvalue weighted by Crippen LogP contribution is -2.24. The number of halogens is 1. The third-order valence-corrected chi connectivity index (χ3v) is 4.17. The number of hydrogen-bond acceptors (Lipinski definition) is 2. The van der Waals surface area contributed by atoms with Crippen molar-refractivity contribution in [1.29, 1.82) is 0 Å². The molecule has 1 aromatic heterocycles. The van der Waals surface area contributed by atoms with Crippen molar-refractivity contribution in [1.82, 2.24) is 15.1 Å². The van der Waals surface area contributed by atoms with Gasteiger partial charge >= 0.3 is 0 Å². The van der Waals surface area contributed by atoms with Crippen molar-refractivity contribution in [3.63, 3.8) is 0 Å². The topological polar surface area (TPSA) is 46.9 Å². The summed E-state index contributed by atoms with van der Waals surface area (Å²) in [7, 11) is 0. The smallest absolute Gasteiger partial charge is 0.224 e. The first-order valence-corrected chi connectivity index (χ1v) is 8.59. The molecule has 134 valence electrons. The quantitative estimate of drug-likeness (QED) is 0.738. The van der Waals surface area contributed by atoms with E-state index in [4.69, 9.17) is 0 Å². The standard InChI is InChI=1S/C21H22FN3O/c1-15-9-16(2)25(24-15)14-19-7-3-6-18(10-19)13-23-21(26)12-17-5-4-8-20(22)11-17/h3-11H,12-14H2,1-2H3,(H,23,26). The molecule has 1 N–H and O–H groups in total. The molecule has 2 aromatic carbocycles. The van der Waals surface area contributed by atoms with E-state index in [-0.39, 0.29) is 18.1 Å². The summed E-state index contributed by atoms with van der Waals surface area (Å²) >= 11 is 0. The van der Waals surface area contributed by atoms with Crippen LogP contribution in [0.15, 0.2) is 54.6 Å².